The Kier molecular flexibility index (Phi) is 4.56. The van der Waals surface area contributed by atoms with E-state index in [0.717, 1.165) is 5.56 Å². The van der Waals surface area contributed by atoms with Crippen LogP contribution in [0.25, 0.3) is 6.08 Å². The number of ketones is 1. The van der Waals surface area contributed by atoms with Crippen LogP contribution in [0.3, 0.4) is 0 Å². The van der Waals surface area contributed by atoms with Crippen LogP contribution in [0.5, 0.6) is 11.5 Å². The van der Waals surface area contributed by atoms with Crippen LogP contribution < -0.4 is 4.74 Å². The summed E-state index contributed by atoms with van der Waals surface area (Å²) in [7, 11) is 0. The predicted molar refractivity (Wildman–Crippen MR) is 78.6 cm³/mol. The van der Waals surface area contributed by atoms with E-state index in [4.69, 9.17) is 4.74 Å². The quantitative estimate of drug-likeness (QED) is 0.843. The van der Waals surface area contributed by atoms with Gasteiger partial charge in [0.25, 0.3) is 0 Å². The molecule has 0 unspecified atom stereocenters. The maximum absolute atomic E-state index is 10.9. The number of ether oxygens (including phenoxy) is 1. The highest BCUT2D eigenvalue weighted by molar-refractivity contribution is 5.91. The Morgan fingerprint density at radius 3 is 2.60 bits per heavy atom. The van der Waals surface area contributed by atoms with Gasteiger partial charge in [0.05, 0.1) is 0 Å². The first-order chi connectivity index (χ1) is 9.65. The van der Waals surface area contributed by atoms with Crippen molar-refractivity contribution in [2.24, 2.45) is 0 Å². The second-order valence-corrected chi connectivity index (χ2v) is 4.44. The maximum atomic E-state index is 10.9. The van der Waals surface area contributed by atoms with Crippen LogP contribution in [0.15, 0.2) is 54.6 Å². The molecule has 0 aliphatic heterocycles. The lowest BCUT2D eigenvalue weighted by molar-refractivity contribution is -0.112. The molecular formula is C17H16O3. The first-order valence-electron chi connectivity index (χ1n) is 6.33. The molecule has 0 aliphatic carbocycles. The monoisotopic (exact) mass is 268 g/mol. The molecule has 102 valence electrons. The largest absolute Gasteiger partial charge is 0.507 e. The van der Waals surface area contributed by atoms with Crippen molar-refractivity contribution in [1.82, 2.24) is 0 Å². The summed E-state index contributed by atoms with van der Waals surface area (Å²) in [5.74, 6) is 0.619. The van der Waals surface area contributed by atoms with Crippen molar-refractivity contribution in [3.8, 4) is 11.5 Å². The zero-order valence-corrected chi connectivity index (χ0v) is 11.2. The van der Waals surface area contributed by atoms with Gasteiger partial charge in [-0.2, -0.15) is 0 Å². The number of benzene rings is 2. The second-order valence-electron chi connectivity index (χ2n) is 4.44. The third kappa shape index (κ3) is 3.99. The van der Waals surface area contributed by atoms with Crippen LogP contribution in [-0.4, -0.2) is 10.9 Å². The van der Waals surface area contributed by atoms with Gasteiger partial charge in [0.1, 0.15) is 18.1 Å². The van der Waals surface area contributed by atoms with Crippen molar-refractivity contribution < 1.29 is 14.6 Å². The lowest BCUT2D eigenvalue weighted by atomic mass is 10.1. The van der Waals surface area contributed by atoms with E-state index in [0.29, 0.717) is 17.9 Å². The van der Waals surface area contributed by atoms with Crippen molar-refractivity contribution >= 4 is 11.9 Å². The molecule has 0 saturated carbocycles. The number of allylic oxidation sites excluding steroid dienone is 1. The maximum Gasteiger partial charge on any atom is 0.152 e. The van der Waals surface area contributed by atoms with E-state index in [2.05, 4.69) is 0 Å². The number of aromatic hydroxyl groups is 1. The van der Waals surface area contributed by atoms with Gasteiger partial charge < -0.3 is 9.84 Å². The Hall–Kier alpha value is -2.55. The summed E-state index contributed by atoms with van der Waals surface area (Å²) in [4.78, 5) is 10.9. The minimum Gasteiger partial charge on any atom is -0.507 e. The minimum absolute atomic E-state index is 0.0613. The van der Waals surface area contributed by atoms with Crippen molar-refractivity contribution in [2.75, 3.05) is 0 Å². The van der Waals surface area contributed by atoms with Gasteiger partial charge in [0.15, 0.2) is 5.78 Å². The zero-order valence-electron chi connectivity index (χ0n) is 11.2. The number of carbonyl (C=O) groups excluding carboxylic acids is 1. The lowest BCUT2D eigenvalue weighted by Gasteiger charge is -2.07. The van der Waals surface area contributed by atoms with E-state index in [1.165, 1.54) is 13.0 Å². The Balaban J connectivity index is 2.04. The van der Waals surface area contributed by atoms with Gasteiger partial charge in [-0.25, -0.2) is 0 Å². The third-order valence-corrected chi connectivity index (χ3v) is 2.75. The van der Waals surface area contributed by atoms with E-state index in [1.54, 1.807) is 24.3 Å². The van der Waals surface area contributed by atoms with Gasteiger partial charge in [-0.15, -0.1) is 0 Å². The molecule has 0 heterocycles. The Bertz CT molecular complexity index is 615. The molecule has 2 aromatic carbocycles. The normalized spacial score (nSPS) is 10.7. The highest BCUT2D eigenvalue weighted by Gasteiger charge is 2.01. The topological polar surface area (TPSA) is 46.5 Å². The summed E-state index contributed by atoms with van der Waals surface area (Å²) >= 11 is 0. The molecule has 0 atom stereocenters. The number of hydrogen-bond donors (Lipinski definition) is 1. The highest BCUT2D eigenvalue weighted by Crippen LogP contribution is 2.25. The van der Waals surface area contributed by atoms with Crippen LogP contribution in [0.1, 0.15) is 18.1 Å². The van der Waals surface area contributed by atoms with Crippen LogP contribution in [-0.2, 0) is 11.4 Å². The Labute approximate surface area is 118 Å². The summed E-state index contributed by atoms with van der Waals surface area (Å²) < 4.78 is 5.60. The predicted octanol–water partition coefficient (Wildman–Crippen LogP) is 3.57. The molecule has 0 amide bonds. The van der Waals surface area contributed by atoms with Crippen LogP contribution in [0.4, 0.5) is 0 Å². The zero-order chi connectivity index (χ0) is 14.4. The van der Waals surface area contributed by atoms with Crippen LogP contribution in [0.2, 0.25) is 0 Å². The van der Waals surface area contributed by atoms with E-state index < -0.39 is 0 Å². The number of phenols is 1. The Morgan fingerprint density at radius 1 is 1.20 bits per heavy atom. The van der Waals surface area contributed by atoms with E-state index in [-0.39, 0.29) is 11.5 Å². The molecule has 0 aromatic heterocycles. The molecule has 2 rings (SSSR count). The molecule has 0 saturated heterocycles. The molecule has 1 N–H and O–H groups in total. The van der Waals surface area contributed by atoms with Crippen molar-refractivity contribution in [3.63, 3.8) is 0 Å². The fraction of sp³-hybridized carbons (Fsp3) is 0.118. The second kappa shape index (κ2) is 6.57. The molecule has 3 heteroatoms. The first-order valence-corrected chi connectivity index (χ1v) is 6.33. The third-order valence-electron chi connectivity index (χ3n) is 2.75. The summed E-state index contributed by atoms with van der Waals surface area (Å²) in [6, 6.07) is 14.8. The molecule has 0 spiro atoms. The van der Waals surface area contributed by atoms with Gasteiger partial charge in [0, 0.05) is 11.6 Å². The van der Waals surface area contributed by atoms with Crippen LogP contribution >= 0.6 is 0 Å². The average Bonchev–Trinajstić information content (AvgIpc) is 2.45. The van der Waals surface area contributed by atoms with Crippen molar-refractivity contribution in [3.05, 3.63) is 65.7 Å². The van der Waals surface area contributed by atoms with Gasteiger partial charge in [-0.05, 0) is 36.8 Å². The SMILES string of the molecule is CC(=O)/C=C/c1ccc(OCc2ccccc2)cc1O. The molecular weight excluding hydrogens is 252 g/mol. The summed E-state index contributed by atoms with van der Waals surface area (Å²) in [5, 5.41) is 9.86. The van der Waals surface area contributed by atoms with Gasteiger partial charge in [-0.1, -0.05) is 30.3 Å². The molecule has 20 heavy (non-hydrogen) atoms. The minimum atomic E-state index is -0.0613. The number of rotatable bonds is 5. The van der Waals surface area contributed by atoms with Gasteiger partial charge >= 0.3 is 0 Å². The lowest BCUT2D eigenvalue weighted by Crippen LogP contribution is -1.94. The van der Waals surface area contributed by atoms with Gasteiger partial charge in [-0.3, -0.25) is 4.79 Å². The fourth-order valence-corrected chi connectivity index (χ4v) is 1.70. The van der Waals surface area contributed by atoms with E-state index in [9.17, 15) is 9.90 Å². The standard InChI is InChI=1S/C17H16O3/c1-13(18)7-8-15-9-10-16(11-17(15)19)20-12-14-5-3-2-4-6-14/h2-11,19H,12H2,1H3/b8-7+. The molecule has 0 aliphatic rings. The average molecular weight is 268 g/mol. The summed E-state index contributed by atoms with van der Waals surface area (Å²) in [6.45, 7) is 1.91. The first kappa shape index (κ1) is 13.9. The number of hydrogen-bond acceptors (Lipinski definition) is 3. The molecule has 0 radical (unpaired) electrons. The molecule has 0 fully saturated rings. The fourth-order valence-electron chi connectivity index (χ4n) is 1.70. The van der Waals surface area contributed by atoms with E-state index in [1.807, 2.05) is 30.3 Å². The molecule has 0 bridgehead atoms. The van der Waals surface area contributed by atoms with Gasteiger partial charge in [0.2, 0.25) is 0 Å². The number of carbonyl (C=O) groups is 1. The number of phenolic OH excluding ortho intramolecular Hbond substituents is 1. The van der Waals surface area contributed by atoms with E-state index >= 15 is 0 Å². The summed E-state index contributed by atoms with van der Waals surface area (Å²) in [6.07, 6.45) is 3.00. The molecule has 2 aromatic rings. The van der Waals surface area contributed by atoms with Crippen molar-refractivity contribution in [2.45, 2.75) is 13.5 Å². The molecule has 3 nitrogen and oxygen atoms in total. The Morgan fingerprint density at radius 2 is 1.95 bits per heavy atom. The summed E-state index contributed by atoms with van der Waals surface area (Å²) in [5.41, 5.74) is 1.65. The smallest absolute Gasteiger partial charge is 0.152 e. The van der Waals surface area contributed by atoms with Crippen LogP contribution in [0, 0.1) is 0 Å². The highest BCUT2D eigenvalue weighted by atomic mass is 16.5. The van der Waals surface area contributed by atoms with Crippen molar-refractivity contribution in [1.29, 1.82) is 0 Å².